The van der Waals surface area contributed by atoms with Gasteiger partial charge in [-0.2, -0.15) is 0 Å². The van der Waals surface area contributed by atoms with E-state index in [0.29, 0.717) is 5.88 Å². The second-order valence-electron chi connectivity index (χ2n) is 4.14. The van der Waals surface area contributed by atoms with Gasteiger partial charge in [0.05, 0.1) is 13.7 Å². The Bertz CT molecular complexity index is 440. The predicted octanol–water partition coefficient (Wildman–Crippen LogP) is 1.26. The van der Waals surface area contributed by atoms with Gasteiger partial charge in [0.1, 0.15) is 11.1 Å². The van der Waals surface area contributed by atoms with E-state index in [1.54, 1.807) is 6.92 Å². The van der Waals surface area contributed by atoms with Crippen molar-refractivity contribution < 1.29 is 19.1 Å². The van der Waals surface area contributed by atoms with E-state index in [2.05, 4.69) is 10.2 Å². The zero-order valence-corrected chi connectivity index (χ0v) is 10.9. The van der Waals surface area contributed by atoms with Crippen LogP contribution in [0.5, 0.6) is 5.88 Å². The van der Waals surface area contributed by atoms with Gasteiger partial charge < -0.3 is 9.47 Å². The summed E-state index contributed by atoms with van der Waals surface area (Å²) in [6, 6.07) is 2.98. The summed E-state index contributed by atoms with van der Waals surface area (Å²) < 4.78 is 9.71. The lowest BCUT2D eigenvalue weighted by Crippen LogP contribution is -2.35. The monoisotopic (exact) mass is 252 g/mol. The van der Waals surface area contributed by atoms with Gasteiger partial charge in [-0.15, -0.1) is 10.2 Å². The molecule has 6 heteroatoms. The Balaban J connectivity index is 2.94. The fourth-order valence-corrected chi connectivity index (χ4v) is 1.27. The maximum Gasteiger partial charge on any atom is 0.319 e. The Morgan fingerprint density at radius 1 is 1.28 bits per heavy atom. The van der Waals surface area contributed by atoms with Gasteiger partial charge in [0.15, 0.2) is 5.78 Å². The minimum Gasteiger partial charge on any atom is -0.480 e. The Kier molecular flexibility index (Phi) is 4.36. The molecule has 18 heavy (non-hydrogen) atoms. The van der Waals surface area contributed by atoms with Crippen LogP contribution in [-0.2, 0) is 9.53 Å². The Hall–Kier alpha value is -1.98. The third-order valence-corrected chi connectivity index (χ3v) is 2.44. The molecule has 0 atom stereocenters. The standard InChI is InChI=1S/C12H16N2O4/c1-5-18-11(16)12(2,3)10(15)8-6-7-9(17-4)14-13-8/h6-7H,5H2,1-4H3. The van der Waals surface area contributed by atoms with Crippen LogP contribution in [-0.4, -0.2) is 35.7 Å². The molecule has 1 heterocycles. The van der Waals surface area contributed by atoms with E-state index in [4.69, 9.17) is 9.47 Å². The molecule has 0 fully saturated rings. The maximum absolute atomic E-state index is 12.1. The summed E-state index contributed by atoms with van der Waals surface area (Å²) in [5.41, 5.74) is -1.17. The molecule has 0 amide bonds. The van der Waals surface area contributed by atoms with E-state index in [0.717, 1.165) is 0 Å². The average molecular weight is 252 g/mol. The van der Waals surface area contributed by atoms with Gasteiger partial charge in [-0.05, 0) is 26.8 Å². The van der Waals surface area contributed by atoms with Gasteiger partial charge in [0, 0.05) is 6.07 Å². The first-order valence-corrected chi connectivity index (χ1v) is 5.53. The van der Waals surface area contributed by atoms with Crippen molar-refractivity contribution in [2.45, 2.75) is 20.8 Å². The first-order chi connectivity index (χ1) is 8.43. The number of methoxy groups -OCH3 is 1. The van der Waals surface area contributed by atoms with Crippen LogP contribution in [0.15, 0.2) is 12.1 Å². The molecule has 0 saturated carbocycles. The SMILES string of the molecule is CCOC(=O)C(C)(C)C(=O)c1ccc(OC)nn1. The summed E-state index contributed by atoms with van der Waals surface area (Å²) in [6.45, 7) is 4.91. The van der Waals surface area contributed by atoms with E-state index in [9.17, 15) is 9.59 Å². The average Bonchev–Trinajstić information content (AvgIpc) is 2.38. The molecule has 1 rings (SSSR count). The van der Waals surface area contributed by atoms with Crippen LogP contribution in [0.3, 0.4) is 0 Å². The van der Waals surface area contributed by atoms with E-state index in [-0.39, 0.29) is 12.3 Å². The van der Waals surface area contributed by atoms with Crippen LogP contribution in [0, 0.1) is 5.41 Å². The van der Waals surface area contributed by atoms with E-state index in [1.165, 1.54) is 33.1 Å². The number of Topliss-reactive ketones (excluding diaryl/α,β-unsaturated/α-hetero) is 1. The number of nitrogens with zero attached hydrogens (tertiary/aromatic N) is 2. The highest BCUT2D eigenvalue weighted by Gasteiger charge is 2.39. The molecule has 0 aromatic carbocycles. The number of ketones is 1. The van der Waals surface area contributed by atoms with Crippen molar-refractivity contribution in [3.05, 3.63) is 17.8 Å². The maximum atomic E-state index is 12.1. The van der Waals surface area contributed by atoms with Crippen molar-refractivity contribution in [2.24, 2.45) is 5.41 Å². The Morgan fingerprint density at radius 3 is 2.39 bits per heavy atom. The fraction of sp³-hybridized carbons (Fsp3) is 0.500. The Morgan fingerprint density at radius 2 is 1.94 bits per heavy atom. The van der Waals surface area contributed by atoms with Crippen LogP contribution >= 0.6 is 0 Å². The second kappa shape index (κ2) is 5.57. The molecular formula is C12H16N2O4. The van der Waals surface area contributed by atoms with Crippen molar-refractivity contribution in [1.29, 1.82) is 0 Å². The highest BCUT2D eigenvalue weighted by Crippen LogP contribution is 2.23. The van der Waals surface area contributed by atoms with Gasteiger partial charge in [-0.25, -0.2) is 0 Å². The minimum absolute atomic E-state index is 0.105. The number of esters is 1. The quantitative estimate of drug-likeness (QED) is 0.446. The first-order valence-electron chi connectivity index (χ1n) is 5.53. The molecule has 1 aromatic heterocycles. The molecular weight excluding hydrogens is 236 g/mol. The molecule has 1 aromatic rings. The van der Waals surface area contributed by atoms with Crippen molar-refractivity contribution in [3.8, 4) is 5.88 Å². The van der Waals surface area contributed by atoms with Crippen molar-refractivity contribution >= 4 is 11.8 Å². The number of rotatable bonds is 5. The number of hydrogen-bond acceptors (Lipinski definition) is 6. The molecule has 6 nitrogen and oxygen atoms in total. The lowest BCUT2D eigenvalue weighted by Gasteiger charge is -2.19. The molecule has 0 aliphatic rings. The summed E-state index contributed by atoms with van der Waals surface area (Å²) in [4.78, 5) is 23.8. The van der Waals surface area contributed by atoms with Crippen LogP contribution in [0.4, 0.5) is 0 Å². The zero-order chi connectivity index (χ0) is 13.8. The van der Waals surface area contributed by atoms with Gasteiger partial charge in [0.25, 0.3) is 0 Å². The molecule has 0 spiro atoms. The van der Waals surface area contributed by atoms with Gasteiger partial charge in [-0.1, -0.05) is 0 Å². The van der Waals surface area contributed by atoms with Crippen molar-refractivity contribution in [3.63, 3.8) is 0 Å². The van der Waals surface area contributed by atoms with E-state index in [1.807, 2.05) is 0 Å². The van der Waals surface area contributed by atoms with E-state index >= 15 is 0 Å². The highest BCUT2D eigenvalue weighted by molar-refractivity contribution is 6.10. The smallest absolute Gasteiger partial charge is 0.319 e. The number of ether oxygens (including phenoxy) is 2. The van der Waals surface area contributed by atoms with Crippen LogP contribution < -0.4 is 4.74 Å². The minimum atomic E-state index is -1.28. The van der Waals surface area contributed by atoms with Gasteiger partial charge >= 0.3 is 5.97 Å². The topological polar surface area (TPSA) is 78.4 Å². The van der Waals surface area contributed by atoms with Crippen LogP contribution in [0.25, 0.3) is 0 Å². The van der Waals surface area contributed by atoms with Crippen LogP contribution in [0.2, 0.25) is 0 Å². The second-order valence-corrected chi connectivity index (χ2v) is 4.14. The highest BCUT2D eigenvalue weighted by atomic mass is 16.5. The molecule has 98 valence electrons. The molecule has 0 radical (unpaired) electrons. The molecule has 0 N–H and O–H groups in total. The van der Waals surface area contributed by atoms with E-state index < -0.39 is 17.2 Å². The van der Waals surface area contributed by atoms with Crippen molar-refractivity contribution in [2.75, 3.05) is 13.7 Å². The summed E-state index contributed by atoms with van der Waals surface area (Å²) in [7, 11) is 1.45. The lowest BCUT2D eigenvalue weighted by atomic mass is 9.86. The summed E-state index contributed by atoms with van der Waals surface area (Å²) in [6.07, 6.45) is 0. The van der Waals surface area contributed by atoms with Crippen LogP contribution in [0.1, 0.15) is 31.3 Å². The predicted molar refractivity (Wildman–Crippen MR) is 63.3 cm³/mol. The number of carbonyl (C=O) groups excluding carboxylic acids is 2. The van der Waals surface area contributed by atoms with Gasteiger partial charge in [-0.3, -0.25) is 9.59 Å². The number of aromatic nitrogens is 2. The first kappa shape index (κ1) is 14.1. The van der Waals surface area contributed by atoms with Gasteiger partial charge in [0.2, 0.25) is 5.88 Å². The third kappa shape index (κ3) is 2.82. The summed E-state index contributed by atoms with van der Waals surface area (Å²) in [5.74, 6) is -0.704. The largest absolute Gasteiger partial charge is 0.480 e. The molecule has 0 unspecified atom stereocenters. The lowest BCUT2D eigenvalue weighted by molar-refractivity contribution is -0.150. The third-order valence-electron chi connectivity index (χ3n) is 2.44. The number of carbonyl (C=O) groups is 2. The molecule has 0 aliphatic heterocycles. The molecule has 0 saturated heterocycles. The summed E-state index contributed by atoms with van der Waals surface area (Å²) >= 11 is 0. The molecule has 0 aliphatic carbocycles. The Labute approximate surface area is 105 Å². The molecule has 0 bridgehead atoms. The number of hydrogen-bond donors (Lipinski definition) is 0. The zero-order valence-electron chi connectivity index (χ0n) is 10.9. The normalized spacial score (nSPS) is 10.9. The fourth-order valence-electron chi connectivity index (χ4n) is 1.27. The summed E-state index contributed by atoms with van der Waals surface area (Å²) in [5, 5.41) is 7.42. The van der Waals surface area contributed by atoms with Crippen molar-refractivity contribution in [1.82, 2.24) is 10.2 Å².